The van der Waals surface area contributed by atoms with Gasteiger partial charge in [-0.1, -0.05) is 13.0 Å². The van der Waals surface area contributed by atoms with Crippen LogP contribution in [0.15, 0.2) is 36.4 Å². The lowest BCUT2D eigenvalue weighted by atomic mass is 10.1. The highest BCUT2D eigenvalue weighted by atomic mass is 35.5. The standard InChI is InChI=1S/C16H18N2O2.ClH/c1-2-12(17)9-13-4-3-5-14(18-13)11-6-7-15-16(8-11)20-10-19-15;/h3-8,12H,2,9-10,17H2,1H3;1H. The Hall–Kier alpha value is -1.78. The number of pyridine rings is 1. The van der Waals surface area contributed by atoms with Gasteiger partial charge in [0.1, 0.15) is 0 Å². The van der Waals surface area contributed by atoms with Crippen molar-refractivity contribution in [1.82, 2.24) is 4.98 Å². The smallest absolute Gasteiger partial charge is 0.231 e. The predicted molar refractivity (Wildman–Crippen MR) is 85.0 cm³/mol. The molecular weight excluding hydrogens is 288 g/mol. The fraction of sp³-hybridized carbons (Fsp3) is 0.312. The summed E-state index contributed by atoms with van der Waals surface area (Å²) in [6.07, 6.45) is 1.75. The summed E-state index contributed by atoms with van der Waals surface area (Å²) in [6, 6.07) is 12.1. The third kappa shape index (κ3) is 3.46. The Morgan fingerprint density at radius 1 is 1.19 bits per heavy atom. The molecule has 1 aliphatic rings. The molecule has 0 bridgehead atoms. The molecule has 3 rings (SSSR count). The molecule has 5 heteroatoms. The molecule has 1 unspecified atom stereocenters. The summed E-state index contributed by atoms with van der Waals surface area (Å²) in [5.74, 6) is 1.57. The fourth-order valence-electron chi connectivity index (χ4n) is 2.22. The van der Waals surface area contributed by atoms with Gasteiger partial charge in [0.25, 0.3) is 0 Å². The van der Waals surface area contributed by atoms with E-state index in [1.807, 2.05) is 36.4 Å². The zero-order chi connectivity index (χ0) is 13.9. The Morgan fingerprint density at radius 2 is 2.00 bits per heavy atom. The molecule has 1 atom stereocenters. The van der Waals surface area contributed by atoms with Crippen LogP contribution in [0.5, 0.6) is 11.5 Å². The van der Waals surface area contributed by atoms with Crippen LogP contribution in [0.3, 0.4) is 0 Å². The SMILES string of the molecule is CCC(N)Cc1cccc(-c2ccc3c(c2)OCO3)n1.Cl. The van der Waals surface area contributed by atoms with Crippen molar-refractivity contribution in [2.75, 3.05) is 6.79 Å². The molecule has 4 nitrogen and oxygen atoms in total. The monoisotopic (exact) mass is 306 g/mol. The highest BCUT2D eigenvalue weighted by molar-refractivity contribution is 5.85. The maximum atomic E-state index is 5.99. The second kappa shape index (κ2) is 6.78. The molecule has 2 aromatic rings. The minimum absolute atomic E-state index is 0. The van der Waals surface area contributed by atoms with Crippen molar-refractivity contribution in [3.05, 3.63) is 42.1 Å². The zero-order valence-electron chi connectivity index (χ0n) is 11.9. The maximum absolute atomic E-state index is 5.99. The van der Waals surface area contributed by atoms with Gasteiger partial charge in [-0.05, 0) is 36.8 Å². The van der Waals surface area contributed by atoms with Crippen LogP contribution in [0.2, 0.25) is 0 Å². The van der Waals surface area contributed by atoms with Crippen LogP contribution in [0.1, 0.15) is 19.0 Å². The van der Waals surface area contributed by atoms with Gasteiger partial charge in [-0.2, -0.15) is 0 Å². The van der Waals surface area contributed by atoms with E-state index in [4.69, 9.17) is 15.2 Å². The first-order chi connectivity index (χ1) is 9.76. The van der Waals surface area contributed by atoms with E-state index in [2.05, 4.69) is 11.9 Å². The molecule has 21 heavy (non-hydrogen) atoms. The van der Waals surface area contributed by atoms with E-state index in [0.717, 1.165) is 41.3 Å². The van der Waals surface area contributed by atoms with E-state index < -0.39 is 0 Å². The molecule has 1 aliphatic heterocycles. The molecule has 1 aromatic heterocycles. The molecule has 0 aliphatic carbocycles. The van der Waals surface area contributed by atoms with Crippen LogP contribution in [0.25, 0.3) is 11.3 Å². The molecule has 0 amide bonds. The Balaban J connectivity index is 0.00000161. The summed E-state index contributed by atoms with van der Waals surface area (Å²) in [5.41, 5.74) is 8.98. The summed E-state index contributed by atoms with van der Waals surface area (Å²) >= 11 is 0. The topological polar surface area (TPSA) is 57.4 Å². The Kier molecular flexibility index (Phi) is 5.04. The molecular formula is C16H19ClN2O2. The molecule has 1 aromatic carbocycles. The molecule has 0 fully saturated rings. The number of aromatic nitrogens is 1. The third-order valence-corrected chi connectivity index (χ3v) is 3.47. The summed E-state index contributed by atoms with van der Waals surface area (Å²) < 4.78 is 10.7. The minimum atomic E-state index is 0. The van der Waals surface area contributed by atoms with E-state index in [9.17, 15) is 0 Å². The van der Waals surface area contributed by atoms with Crippen molar-refractivity contribution in [3.8, 4) is 22.8 Å². The Labute approximate surface area is 130 Å². The van der Waals surface area contributed by atoms with E-state index in [-0.39, 0.29) is 25.2 Å². The number of nitrogens with two attached hydrogens (primary N) is 1. The largest absolute Gasteiger partial charge is 0.454 e. The number of rotatable bonds is 4. The van der Waals surface area contributed by atoms with Gasteiger partial charge in [0.15, 0.2) is 11.5 Å². The number of nitrogens with zero attached hydrogens (tertiary/aromatic N) is 1. The van der Waals surface area contributed by atoms with Gasteiger partial charge < -0.3 is 15.2 Å². The molecule has 0 saturated carbocycles. The Bertz CT molecular complexity index is 619. The van der Waals surface area contributed by atoms with Crippen molar-refractivity contribution in [1.29, 1.82) is 0 Å². The van der Waals surface area contributed by atoms with E-state index in [0.29, 0.717) is 0 Å². The highest BCUT2D eigenvalue weighted by Gasteiger charge is 2.14. The van der Waals surface area contributed by atoms with Crippen LogP contribution in [0, 0.1) is 0 Å². The van der Waals surface area contributed by atoms with E-state index in [1.165, 1.54) is 0 Å². The molecule has 2 N–H and O–H groups in total. The van der Waals surface area contributed by atoms with Gasteiger partial charge in [0, 0.05) is 23.7 Å². The van der Waals surface area contributed by atoms with Gasteiger partial charge >= 0.3 is 0 Å². The summed E-state index contributed by atoms with van der Waals surface area (Å²) in [4.78, 5) is 4.68. The van der Waals surface area contributed by atoms with Gasteiger partial charge in [0.2, 0.25) is 6.79 Å². The number of benzene rings is 1. The molecule has 0 spiro atoms. The first kappa shape index (κ1) is 15.6. The minimum Gasteiger partial charge on any atom is -0.454 e. The van der Waals surface area contributed by atoms with Crippen LogP contribution < -0.4 is 15.2 Å². The van der Waals surface area contributed by atoms with Gasteiger partial charge in [0.05, 0.1) is 5.69 Å². The third-order valence-electron chi connectivity index (χ3n) is 3.47. The van der Waals surface area contributed by atoms with Crippen LogP contribution in [-0.2, 0) is 6.42 Å². The average Bonchev–Trinajstić information content (AvgIpc) is 2.94. The van der Waals surface area contributed by atoms with Gasteiger partial charge in [-0.25, -0.2) is 0 Å². The lowest BCUT2D eigenvalue weighted by molar-refractivity contribution is 0.174. The summed E-state index contributed by atoms with van der Waals surface area (Å²) in [7, 11) is 0. The van der Waals surface area contributed by atoms with Crippen molar-refractivity contribution in [2.24, 2.45) is 5.73 Å². The summed E-state index contributed by atoms with van der Waals surface area (Å²) in [6.45, 7) is 2.38. The molecule has 2 heterocycles. The maximum Gasteiger partial charge on any atom is 0.231 e. The van der Waals surface area contributed by atoms with Gasteiger partial charge in [-0.3, -0.25) is 4.98 Å². The second-order valence-electron chi connectivity index (χ2n) is 4.95. The quantitative estimate of drug-likeness (QED) is 0.942. The number of hydrogen-bond donors (Lipinski definition) is 1. The fourth-order valence-corrected chi connectivity index (χ4v) is 2.22. The molecule has 112 valence electrons. The Morgan fingerprint density at radius 3 is 2.81 bits per heavy atom. The number of fused-ring (bicyclic) bond motifs is 1. The number of hydrogen-bond acceptors (Lipinski definition) is 4. The predicted octanol–water partition coefficient (Wildman–Crippen LogP) is 3.18. The van der Waals surface area contributed by atoms with Crippen molar-refractivity contribution < 1.29 is 9.47 Å². The van der Waals surface area contributed by atoms with Crippen molar-refractivity contribution in [3.63, 3.8) is 0 Å². The number of ether oxygens (including phenoxy) is 2. The van der Waals surface area contributed by atoms with Crippen LogP contribution in [-0.4, -0.2) is 17.8 Å². The summed E-state index contributed by atoms with van der Waals surface area (Å²) in [5, 5.41) is 0. The van der Waals surface area contributed by atoms with Crippen LogP contribution in [0.4, 0.5) is 0 Å². The van der Waals surface area contributed by atoms with Gasteiger partial charge in [-0.15, -0.1) is 12.4 Å². The van der Waals surface area contributed by atoms with Crippen molar-refractivity contribution in [2.45, 2.75) is 25.8 Å². The number of halogens is 1. The first-order valence-electron chi connectivity index (χ1n) is 6.88. The average molecular weight is 307 g/mol. The van der Waals surface area contributed by atoms with E-state index >= 15 is 0 Å². The van der Waals surface area contributed by atoms with E-state index in [1.54, 1.807) is 0 Å². The lowest BCUT2D eigenvalue weighted by Gasteiger charge is -2.09. The van der Waals surface area contributed by atoms with Crippen LogP contribution >= 0.6 is 12.4 Å². The first-order valence-corrected chi connectivity index (χ1v) is 6.88. The normalized spacial score (nSPS) is 13.6. The van der Waals surface area contributed by atoms with Crippen molar-refractivity contribution >= 4 is 12.4 Å². The molecule has 0 radical (unpaired) electrons. The lowest BCUT2D eigenvalue weighted by Crippen LogP contribution is -2.21. The second-order valence-corrected chi connectivity index (χ2v) is 4.95. The zero-order valence-corrected chi connectivity index (χ0v) is 12.7. The highest BCUT2D eigenvalue weighted by Crippen LogP contribution is 2.35. The molecule has 0 saturated heterocycles.